The molecule has 0 unspecified atom stereocenters. The standard InChI is InChI=1S/C34H52N2O5/c1-22(2)27(16-24-12-13-32(40-6)33(17-24)41-15-9-14-39-5)20-30(35)31(37)21-29(23(3)4)34(38)36-28-18-25-10-7-8-11-26(25)19-28/h7-8,10-13,17,22-23,27-31,37H,9,14-16,18-21,35H2,1-6H3,(H,36,38)/t27-,29-,30-,31-/m0/s1. The molecule has 2 aromatic carbocycles. The quantitative estimate of drug-likeness (QED) is 0.233. The number of amides is 1. The van der Waals surface area contributed by atoms with E-state index in [9.17, 15) is 9.90 Å². The van der Waals surface area contributed by atoms with Gasteiger partial charge in [0, 0.05) is 38.1 Å². The summed E-state index contributed by atoms with van der Waals surface area (Å²) in [6, 6.07) is 14.1. The third kappa shape index (κ3) is 9.73. The molecule has 0 saturated heterocycles. The van der Waals surface area contributed by atoms with Crippen molar-refractivity contribution in [1.82, 2.24) is 5.32 Å². The summed E-state index contributed by atoms with van der Waals surface area (Å²) in [5.41, 5.74) is 10.4. The summed E-state index contributed by atoms with van der Waals surface area (Å²) in [6.45, 7) is 9.67. The minimum atomic E-state index is -0.759. The fourth-order valence-corrected chi connectivity index (χ4v) is 5.83. The van der Waals surface area contributed by atoms with Gasteiger partial charge in [-0.05, 0) is 78.7 Å². The molecule has 0 aromatic heterocycles. The first-order valence-electron chi connectivity index (χ1n) is 15.2. The van der Waals surface area contributed by atoms with Crippen LogP contribution in [0, 0.1) is 23.7 Å². The number of hydrogen-bond donors (Lipinski definition) is 3. The van der Waals surface area contributed by atoms with Crippen LogP contribution in [0.1, 0.15) is 63.6 Å². The molecule has 7 nitrogen and oxygen atoms in total. The van der Waals surface area contributed by atoms with Crippen LogP contribution in [0.15, 0.2) is 42.5 Å². The molecule has 0 spiro atoms. The normalized spacial score (nSPS) is 16.3. The summed E-state index contributed by atoms with van der Waals surface area (Å²) in [5, 5.41) is 14.4. The number of methoxy groups -OCH3 is 2. The van der Waals surface area contributed by atoms with Crippen LogP contribution in [-0.4, -0.2) is 56.6 Å². The van der Waals surface area contributed by atoms with Gasteiger partial charge in [0.25, 0.3) is 0 Å². The second-order valence-electron chi connectivity index (χ2n) is 12.3. The molecular weight excluding hydrogens is 516 g/mol. The van der Waals surface area contributed by atoms with E-state index in [1.807, 2.05) is 38.1 Å². The van der Waals surface area contributed by atoms with E-state index in [0.29, 0.717) is 37.7 Å². The number of nitrogens with one attached hydrogen (secondary N) is 1. The lowest BCUT2D eigenvalue weighted by Gasteiger charge is -2.30. The number of aliphatic hydroxyl groups is 1. The van der Waals surface area contributed by atoms with Gasteiger partial charge in [0.15, 0.2) is 11.5 Å². The molecule has 0 bridgehead atoms. The highest BCUT2D eigenvalue weighted by Gasteiger charge is 2.32. The first kappa shape index (κ1) is 32.9. The monoisotopic (exact) mass is 568 g/mol. The van der Waals surface area contributed by atoms with Crippen molar-refractivity contribution in [2.24, 2.45) is 29.4 Å². The Balaban J connectivity index is 1.58. The second kappa shape index (κ2) is 16.1. The van der Waals surface area contributed by atoms with Crippen LogP contribution >= 0.6 is 0 Å². The highest BCUT2D eigenvalue weighted by molar-refractivity contribution is 5.79. The summed E-state index contributed by atoms with van der Waals surface area (Å²) in [6.07, 6.45) is 3.59. The molecule has 41 heavy (non-hydrogen) atoms. The van der Waals surface area contributed by atoms with Crippen LogP contribution in [0.25, 0.3) is 0 Å². The lowest BCUT2D eigenvalue weighted by Crippen LogP contribution is -2.45. The van der Waals surface area contributed by atoms with Gasteiger partial charge in [-0.25, -0.2) is 0 Å². The van der Waals surface area contributed by atoms with E-state index >= 15 is 0 Å². The average Bonchev–Trinajstić information content (AvgIpc) is 3.35. The molecule has 2 aromatic rings. The maximum Gasteiger partial charge on any atom is 0.223 e. The number of aliphatic hydroxyl groups excluding tert-OH is 1. The summed E-state index contributed by atoms with van der Waals surface area (Å²) >= 11 is 0. The molecular formula is C34H52N2O5. The number of hydrogen-bond acceptors (Lipinski definition) is 6. The van der Waals surface area contributed by atoms with Crippen molar-refractivity contribution in [3.8, 4) is 11.5 Å². The summed E-state index contributed by atoms with van der Waals surface area (Å²) in [4.78, 5) is 13.3. The van der Waals surface area contributed by atoms with Gasteiger partial charge < -0.3 is 30.4 Å². The Morgan fingerprint density at radius 1 is 0.976 bits per heavy atom. The Bertz CT molecular complexity index is 1060. The molecule has 3 rings (SSSR count). The Morgan fingerprint density at radius 3 is 2.24 bits per heavy atom. The van der Waals surface area contributed by atoms with Crippen LogP contribution in [0.5, 0.6) is 11.5 Å². The third-order valence-corrected chi connectivity index (χ3v) is 8.52. The van der Waals surface area contributed by atoms with Crippen LogP contribution < -0.4 is 20.5 Å². The largest absolute Gasteiger partial charge is 0.493 e. The van der Waals surface area contributed by atoms with E-state index in [0.717, 1.165) is 37.0 Å². The molecule has 4 N–H and O–H groups in total. The molecule has 0 heterocycles. The van der Waals surface area contributed by atoms with Crippen molar-refractivity contribution in [3.63, 3.8) is 0 Å². The number of carbonyl (C=O) groups is 1. The highest BCUT2D eigenvalue weighted by atomic mass is 16.5. The Morgan fingerprint density at radius 2 is 1.66 bits per heavy atom. The SMILES string of the molecule is COCCCOc1cc(C[C@@H](C[C@H](N)[C@@H](O)C[C@H](C(=O)NC2Cc3ccccc3C2)C(C)C)C(C)C)ccc1OC. The Labute approximate surface area is 247 Å². The molecule has 228 valence electrons. The van der Waals surface area contributed by atoms with Gasteiger partial charge in [0.05, 0.1) is 19.8 Å². The van der Waals surface area contributed by atoms with E-state index in [1.54, 1.807) is 14.2 Å². The topological polar surface area (TPSA) is 103 Å². The molecule has 0 radical (unpaired) electrons. The molecule has 1 aliphatic rings. The van der Waals surface area contributed by atoms with Crippen molar-refractivity contribution >= 4 is 5.91 Å². The fourth-order valence-electron chi connectivity index (χ4n) is 5.83. The van der Waals surface area contributed by atoms with Crippen LogP contribution in [0.2, 0.25) is 0 Å². The number of rotatable bonds is 17. The number of nitrogens with two attached hydrogens (primary N) is 1. The smallest absolute Gasteiger partial charge is 0.223 e. The van der Waals surface area contributed by atoms with E-state index in [4.69, 9.17) is 19.9 Å². The summed E-state index contributed by atoms with van der Waals surface area (Å²) in [7, 11) is 3.33. The number of ether oxygens (including phenoxy) is 3. The summed E-state index contributed by atoms with van der Waals surface area (Å²) < 4.78 is 16.6. The molecule has 1 aliphatic carbocycles. The molecule has 0 saturated carbocycles. The predicted octanol–water partition coefficient (Wildman–Crippen LogP) is 4.95. The van der Waals surface area contributed by atoms with Gasteiger partial charge in [0.2, 0.25) is 5.91 Å². The first-order valence-corrected chi connectivity index (χ1v) is 15.2. The van der Waals surface area contributed by atoms with Crippen LogP contribution in [0.3, 0.4) is 0 Å². The average molecular weight is 569 g/mol. The Kier molecular flexibility index (Phi) is 12.9. The molecule has 0 aliphatic heterocycles. The van der Waals surface area contributed by atoms with Crippen molar-refractivity contribution in [3.05, 3.63) is 59.2 Å². The van der Waals surface area contributed by atoms with E-state index in [-0.39, 0.29) is 29.7 Å². The third-order valence-electron chi connectivity index (χ3n) is 8.52. The molecule has 7 heteroatoms. The molecule has 1 amide bonds. The van der Waals surface area contributed by atoms with Gasteiger partial charge in [-0.3, -0.25) is 4.79 Å². The van der Waals surface area contributed by atoms with Gasteiger partial charge in [-0.15, -0.1) is 0 Å². The van der Waals surface area contributed by atoms with Crippen LogP contribution in [-0.2, 0) is 28.8 Å². The van der Waals surface area contributed by atoms with Gasteiger partial charge >= 0.3 is 0 Å². The zero-order valence-electron chi connectivity index (χ0n) is 25.9. The highest BCUT2D eigenvalue weighted by Crippen LogP contribution is 2.32. The van der Waals surface area contributed by atoms with Gasteiger partial charge in [0.1, 0.15) is 0 Å². The zero-order chi connectivity index (χ0) is 29.9. The van der Waals surface area contributed by atoms with Crippen molar-refractivity contribution < 1.29 is 24.1 Å². The van der Waals surface area contributed by atoms with Crippen molar-refractivity contribution in [2.75, 3.05) is 27.4 Å². The maximum atomic E-state index is 13.3. The van der Waals surface area contributed by atoms with Crippen molar-refractivity contribution in [1.29, 1.82) is 0 Å². The van der Waals surface area contributed by atoms with Crippen LogP contribution in [0.4, 0.5) is 0 Å². The molecule has 0 fully saturated rings. The Hall–Kier alpha value is -2.61. The number of fused-ring (bicyclic) bond motifs is 1. The number of benzene rings is 2. The summed E-state index contributed by atoms with van der Waals surface area (Å²) in [5.74, 6) is 1.89. The maximum absolute atomic E-state index is 13.3. The second-order valence-corrected chi connectivity index (χ2v) is 12.3. The predicted molar refractivity (Wildman–Crippen MR) is 164 cm³/mol. The van der Waals surface area contributed by atoms with Crippen molar-refractivity contribution in [2.45, 2.75) is 84.4 Å². The minimum Gasteiger partial charge on any atom is -0.493 e. The van der Waals surface area contributed by atoms with E-state index < -0.39 is 12.1 Å². The molecule has 4 atom stereocenters. The minimum absolute atomic E-state index is 0.0146. The lowest BCUT2D eigenvalue weighted by atomic mass is 9.80. The van der Waals surface area contributed by atoms with E-state index in [2.05, 4.69) is 37.4 Å². The number of carbonyl (C=O) groups excluding carboxylic acids is 1. The first-order chi connectivity index (χ1) is 19.6. The zero-order valence-corrected chi connectivity index (χ0v) is 25.9. The lowest BCUT2D eigenvalue weighted by molar-refractivity contribution is -0.128. The van der Waals surface area contributed by atoms with Gasteiger partial charge in [-0.1, -0.05) is 58.0 Å². The van der Waals surface area contributed by atoms with Gasteiger partial charge in [-0.2, -0.15) is 0 Å². The fraction of sp³-hybridized carbons (Fsp3) is 0.618. The van der Waals surface area contributed by atoms with E-state index in [1.165, 1.54) is 11.1 Å².